The minimum absolute atomic E-state index is 0. The Kier molecular flexibility index (Phi) is 8.50. The number of hydrogen-bond acceptors (Lipinski definition) is 5. The number of rotatable bonds is 7. The number of carbonyl (C=O) groups is 1. The normalized spacial score (nSPS) is 10.1. The van der Waals surface area contributed by atoms with E-state index in [0.29, 0.717) is 12.2 Å². The molecule has 30 heavy (non-hydrogen) atoms. The number of nitrogen functional groups attached to an aromatic ring is 1. The highest BCUT2D eigenvalue weighted by Gasteiger charge is 2.06. The first kappa shape index (κ1) is 23.0. The second-order valence-electron chi connectivity index (χ2n) is 6.87. The quantitative estimate of drug-likeness (QED) is 0.499. The zero-order valence-corrected chi connectivity index (χ0v) is 18.0. The summed E-state index contributed by atoms with van der Waals surface area (Å²) in [4.78, 5) is 16.1. The number of nitrogens with one attached hydrogen (secondary N) is 2. The van der Waals surface area contributed by atoms with E-state index in [1.165, 1.54) is 0 Å². The summed E-state index contributed by atoms with van der Waals surface area (Å²) in [5, 5.41) is 6.11. The smallest absolute Gasteiger partial charge is 0.407 e. The minimum Gasteiger partial charge on any atom is -0.445 e. The standard InChI is InChI=1S/C23H26N4O2.ClH/c1-16-14-21(22(24)17(2)26-16)27-20-10-8-18(9-11-20)12-13-25-23(28)29-15-19-6-4-3-5-7-19;/h3-11,14H,12-13,15,24H2,1-2H3,(H,25,28)(H,26,27);1H. The van der Waals surface area contributed by atoms with Crippen molar-refractivity contribution in [3.8, 4) is 0 Å². The zero-order valence-electron chi connectivity index (χ0n) is 17.1. The van der Waals surface area contributed by atoms with Crippen LogP contribution in [0.15, 0.2) is 60.7 Å². The van der Waals surface area contributed by atoms with Crippen LogP contribution >= 0.6 is 12.4 Å². The maximum absolute atomic E-state index is 11.8. The van der Waals surface area contributed by atoms with Crippen molar-refractivity contribution in [1.82, 2.24) is 10.3 Å². The Morgan fingerprint density at radius 3 is 2.43 bits per heavy atom. The van der Waals surface area contributed by atoms with Gasteiger partial charge < -0.3 is 21.1 Å². The average Bonchev–Trinajstić information content (AvgIpc) is 2.72. The van der Waals surface area contributed by atoms with Crippen LogP contribution < -0.4 is 16.4 Å². The number of aromatic nitrogens is 1. The Morgan fingerprint density at radius 2 is 1.73 bits per heavy atom. The number of carbonyl (C=O) groups excluding carboxylic acids is 1. The van der Waals surface area contributed by atoms with Gasteiger partial charge in [0.2, 0.25) is 0 Å². The van der Waals surface area contributed by atoms with Gasteiger partial charge in [-0.05, 0) is 49.6 Å². The Labute approximate surface area is 183 Å². The summed E-state index contributed by atoms with van der Waals surface area (Å²) >= 11 is 0. The fourth-order valence-electron chi connectivity index (χ4n) is 2.94. The van der Waals surface area contributed by atoms with Crippen LogP contribution in [0.5, 0.6) is 0 Å². The Hall–Kier alpha value is -3.25. The lowest BCUT2D eigenvalue weighted by atomic mass is 10.1. The number of alkyl carbamates (subject to hydrolysis) is 1. The number of halogens is 1. The second kappa shape index (κ2) is 11.1. The number of pyridine rings is 1. The van der Waals surface area contributed by atoms with Crippen LogP contribution in [-0.4, -0.2) is 17.6 Å². The monoisotopic (exact) mass is 426 g/mol. The predicted octanol–water partition coefficient (Wildman–Crippen LogP) is 4.91. The molecule has 4 N–H and O–H groups in total. The van der Waals surface area contributed by atoms with E-state index in [2.05, 4.69) is 15.6 Å². The molecule has 0 aliphatic heterocycles. The van der Waals surface area contributed by atoms with Gasteiger partial charge in [-0.3, -0.25) is 4.98 Å². The highest BCUT2D eigenvalue weighted by molar-refractivity contribution is 5.85. The third kappa shape index (κ3) is 6.67. The molecule has 0 unspecified atom stereocenters. The maximum atomic E-state index is 11.8. The van der Waals surface area contributed by atoms with E-state index in [4.69, 9.17) is 10.5 Å². The maximum Gasteiger partial charge on any atom is 0.407 e. The second-order valence-corrected chi connectivity index (χ2v) is 6.87. The molecule has 1 amide bonds. The number of nitrogens with zero attached hydrogens (tertiary/aromatic N) is 1. The summed E-state index contributed by atoms with van der Waals surface area (Å²) in [7, 11) is 0. The van der Waals surface area contributed by atoms with E-state index in [9.17, 15) is 4.79 Å². The molecule has 0 bridgehead atoms. The third-order valence-electron chi connectivity index (χ3n) is 4.51. The predicted molar refractivity (Wildman–Crippen MR) is 123 cm³/mol. The molecule has 0 saturated carbocycles. The van der Waals surface area contributed by atoms with Crippen LogP contribution in [0.4, 0.5) is 21.9 Å². The van der Waals surface area contributed by atoms with Crippen molar-refractivity contribution in [3.05, 3.63) is 83.2 Å². The molecular weight excluding hydrogens is 400 g/mol. The molecule has 158 valence electrons. The summed E-state index contributed by atoms with van der Waals surface area (Å²) in [5.41, 5.74) is 12.4. The summed E-state index contributed by atoms with van der Waals surface area (Å²) < 4.78 is 5.20. The van der Waals surface area contributed by atoms with Crippen LogP contribution in [0.1, 0.15) is 22.5 Å². The van der Waals surface area contributed by atoms with Crippen molar-refractivity contribution in [1.29, 1.82) is 0 Å². The fraction of sp³-hybridized carbons (Fsp3) is 0.217. The molecule has 6 nitrogen and oxygen atoms in total. The van der Waals surface area contributed by atoms with Crippen LogP contribution in [0, 0.1) is 13.8 Å². The van der Waals surface area contributed by atoms with Crippen molar-refractivity contribution in [3.63, 3.8) is 0 Å². The highest BCUT2D eigenvalue weighted by atomic mass is 35.5. The van der Waals surface area contributed by atoms with E-state index in [1.54, 1.807) is 0 Å². The zero-order chi connectivity index (χ0) is 20.6. The molecule has 2 aromatic carbocycles. The van der Waals surface area contributed by atoms with E-state index in [1.807, 2.05) is 74.5 Å². The number of benzene rings is 2. The molecule has 0 radical (unpaired) electrons. The summed E-state index contributed by atoms with van der Waals surface area (Å²) in [6.07, 6.45) is 0.308. The summed E-state index contributed by atoms with van der Waals surface area (Å²) in [5.74, 6) is 0. The third-order valence-corrected chi connectivity index (χ3v) is 4.51. The molecule has 1 heterocycles. The topological polar surface area (TPSA) is 89.3 Å². The SMILES string of the molecule is Cc1cc(Nc2ccc(CCNC(=O)OCc3ccccc3)cc2)c(N)c(C)n1.Cl. The van der Waals surface area contributed by atoms with Crippen molar-refractivity contribution >= 4 is 35.6 Å². The molecule has 0 aliphatic rings. The fourth-order valence-corrected chi connectivity index (χ4v) is 2.94. The van der Waals surface area contributed by atoms with Gasteiger partial charge >= 0.3 is 6.09 Å². The van der Waals surface area contributed by atoms with Gasteiger partial charge in [0.05, 0.1) is 17.1 Å². The van der Waals surface area contributed by atoms with Crippen molar-refractivity contribution in [2.45, 2.75) is 26.9 Å². The largest absolute Gasteiger partial charge is 0.445 e. The molecule has 7 heteroatoms. The first-order valence-corrected chi connectivity index (χ1v) is 9.55. The van der Waals surface area contributed by atoms with Gasteiger partial charge in [0, 0.05) is 17.9 Å². The summed E-state index contributed by atoms with van der Waals surface area (Å²) in [6.45, 7) is 4.62. The molecule has 0 spiro atoms. The number of anilines is 3. The van der Waals surface area contributed by atoms with Crippen LogP contribution in [0.3, 0.4) is 0 Å². The summed E-state index contributed by atoms with van der Waals surface area (Å²) in [6, 6.07) is 19.6. The molecule has 0 fully saturated rings. The van der Waals surface area contributed by atoms with Gasteiger partial charge in [-0.1, -0.05) is 42.5 Å². The average molecular weight is 427 g/mol. The van der Waals surface area contributed by atoms with Crippen molar-refractivity contribution in [2.75, 3.05) is 17.6 Å². The number of ether oxygens (including phenoxy) is 1. The lowest BCUT2D eigenvalue weighted by Gasteiger charge is -2.12. The van der Waals surface area contributed by atoms with Crippen molar-refractivity contribution < 1.29 is 9.53 Å². The lowest BCUT2D eigenvalue weighted by Crippen LogP contribution is -2.26. The number of amides is 1. The van der Waals surface area contributed by atoms with E-state index in [-0.39, 0.29) is 19.0 Å². The van der Waals surface area contributed by atoms with Gasteiger partial charge in [0.1, 0.15) is 6.61 Å². The van der Waals surface area contributed by atoms with E-state index in [0.717, 1.165) is 40.3 Å². The van der Waals surface area contributed by atoms with Gasteiger partial charge in [-0.2, -0.15) is 0 Å². The van der Waals surface area contributed by atoms with Gasteiger partial charge in [0.15, 0.2) is 0 Å². The molecule has 0 aliphatic carbocycles. The Balaban J connectivity index is 0.00000320. The Morgan fingerprint density at radius 1 is 1.03 bits per heavy atom. The minimum atomic E-state index is -0.411. The highest BCUT2D eigenvalue weighted by Crippen LogP contribution is 2.26. The number of hydrogen-bond donors (Lipinski definition) is 3. The van der Waals surface area contributed by atoms with Gasteiger partial charge in [-0.25, -0.2) is 4.79 Å². The van der Waals surface area contributed by atoms with Crippen LogP contribution in [0.2, 0.25) is 0 Å². The van der Waals surface area contributed by atoms with E-state index < -0.39 is 6.09 Å². The lowest BCUT2D eigenvalue weighted by molar-refractivity contribution is 0.140. The first-order valence-electron chi connectivity index (χ1n) is 9.55. The van der Waals surface area contributed by atoms with Crippen molar-refractivity contribution in [2.24, 2.45) is 0 Å². The number of nitrogens with two attached hydrogens (primary N) is 1. The Bertz CT molecular complexity index is 963. The molecular formula is C23H27ClN4O2. The molecule has 3 rings (SSSR count). The molecule has 3 aromatic rings. The number of aryl methyl sites for hydroxylation is 2. The molecule has 1 aromatic heterocycles. The van der Waals surface area contributed by atoms with Crippen LogP contribution in [-0.2, 0) is 17.8 Å². The van der Waals surface area contributed by atoms with Crippen LogP contribution in [0.25, 0.3) is 0 Å². The van der Waals surface area contributed by atoms with Gasteiger partial charge in [-0.15, -0.1) is 12.4 Å². The molecule has 0 saturated heterocycles. The van der Waals surface area contributed by atoms with Gasteiger partial charge in [0.25, 0.3) is 0 Å². The first-order chi connectivity index (χ1) is 14.0. The van der Waals surface area contributed by atoms with E-state index >= 15 is 0 Å². The molecule has 0 atom stereocenters.